The van der Waals surface area contributed by atoms with Gasteiger partial charge in [-0.05, 0) is 51.0 Å². The van der Waals surface area contributed by atoms with E-state index in [0.29, 0.717) is 47.9 Å². The third kappa shape index (κ3) is 5.25. The molecule has 1 aliphatic rings. The van der Waals surface area contributed by atoms with E-state index in [1.165, 1.54) is 6.42 Å². The molecule has 35 heavy (non-hydrogen) atoms. The number of hydrogen-bond acceptors (Lipinski definition) is 5. The topological polar surface area (TPSA) is 73.7 Å². The van der Waals surface area contributed by atoms with Crippen LogP contribution in [0.3, 0.4) is 0 Å². The van der Waals surface area contributed by atoms with Gasteiger partial charge in [0.05, 0.1) is 35.8 Å². The lowest BCUT2D eigenvalue weighted by Gasteiger charge is -2.34. The fourth-order valence-corrected chi connectivity index (χ4v) is 4.99. The van der Waals surface area contributed by atoms with Crippen molar-refractivity contribution in [3.63, 3.8) is 0 Å². The molecule has 7 nitrogen and oxygen atoms in total. The van der Waals surface area contributed by atoms with Gasteiger partial charge in [-0.15, -0.1) is 0 Å². The molecule has 2 aromatic carbocycles. The van der Waals surface area contributed by atoms with Gasteiger partial charge in [-0.1, -0.05) is 43.5 Å². The standard InChI is InChI=1S/C28H35N3O4/c1-4-35-25-17-11-10-16-24(25)31-26(29-23-15-9-8-14-22(23)28(31)33)20(2)30(18-19-34-3)27(32)21-12-6-5-7-13-21/h8-11,14-17,20-21H,4-7,12-13,18-19H2,1-3H3. The van der Waals surface area contributed by atoms with Gasteiger partial charge in [0.15, 0.2) is 0 Å². The van der Waals surface area contributed by atoms with E-state index in [2.05, 4.69) is 0 Å². The second-order valence-corrected chi connectivity index (χ2v) is 9.06. The molecule has 1 aromatic heterocycles. The fourth-order valence-electron chi connectivity index (χ4n) is 4.99. The minimum Gasteiger partial charge on any atom is -0.492 e. The van der Waals surface area contributed by atoms with Crippen LogP contribution in [0.2, 0.25) is 0 Å². The predicted octanol–water partition coefficient (Wildman–Crippen LogP) is 4.90. The van der Waals surface area contributed by atoms with Gasteiger partial charge in [-0.3, -0.25) is 14.2 Å². The quantitative estimate of drug-likeness (QED) is 0.438. The van der Waals surface area contributed by atoms with Crippen LogP contribution in [0.1, 0.15) is 57.8 Å². The Balaban J connectivity index is 1.88. The van der Waals surface area contributed by atoms with Crippen molar-refractivity contribution >= 4 is 16.8 Å². The van der Waals surface area contributed by atoms with Gasteiger partial charge in [0.2, 0.25) is 5.91 Å². The number of para-hydroxylation sites is 3. The van der Waals surface area contributed by atoms with Gasteiger partial charge >= 0.3 is 0 Å². The van der Waals surface area contributed by atoms with Crippen LogP contribution in [0.25, 0.3) is 16.6 Å². The number of ether oxygens (including phenoxy) is 2. The maximum atomic E-state index is 13.9. The van der Waals surface area contributed by atoms with Crippen LogP contribution in [0.5, 0.6) is 5.75 Å². The summed E-state index contributed by atoms with van der Waals surface area (Å²) in [5.74, 6) is 1.23. The fraction of sp³-hybridized carbons (Fsp3) is 0.464. The van der Waals surface area contributed by atoms with Crippen LogP contribution in [-0.4, -0.2) is 47.2 Å². The Morgan fingerprint density at radius 3 is 2.57 bits per heavy atom. The monoisotopic (exact) mass is 477 g/mol. The number of carbonyl (C=O) groups excluding carboxylic acids is 1. The molecule has 1 amide bonds. The molecule has 7 heteroatoms. The number of nitrogens with zero attached hydrogens (tertiary/aromatic N) is 3. The maximum absolute atomic E-state index is 13.9. The summed E-state index contributed by atoms with van der Waals surface area (Å²) < 4.78 is 12.8. The second-order valence-electron chi connectivity index (χ2n) is 9.06. The molecule has 0 N–H and O–H groups in total. The maximum Gasteiger partial charge on any atom is 0.266 e. The summed E-state index contributed by atoms with van der Waals surface area (Å²) in [4.78, 5) is 34.4. The summed E-state index contributed by atoms with van der Waals surface area (Å²) in [6.07, 6.45) is 5.13. The minimum atomic E-state index is -0.438. The number of benzene rings is 2. The second kappa shape index (κ2) is 11.5. The van der Waals surface area contributed by atoms with E-state index in [1.807, 2.05) is 61.2 Å². The molecule has 0 saturated heterocycles. The van der Waals surface area contributed by atoms with Crippen molar-refractivity contribution in [2.45, 2.75) is 52.0 Å². The molecule has 0 aliphatic heterocycles. The molecular formula is C28H35N3O4. The highest BCUT2D eigenvalue weighted by Gasteiger charge is 2.32. The summed E-state index contributed by atoms with van der Waals surface area (Å²) in [5.41, 5.74) is 1.05. The number of methoxy groups -OCH3 is 1. The molecule has 1 fully saturated rings. The van der Waals surface area contributed by atoms with Crippen LogP contribution >= 0.6 is 0 Å². The summed E-state index contributed by atoms with van der Waals surface area (Å²) in [6.45, 7) is 5.18. The summed E-state index contributed by atoms with van der Waals surface area (Å²) in [5, 5.41) is 0.525. The normalized spacial score (nSPS) is 15.2. The van der Waals surface area contributed by atoms with Crippen LogP contribution in [-0.2, 0) is 9.53 Å². The first-order valence-corrected chi connectivity index (χ1v) is 12.6. The number of aromatic nitrogens is 2. The lowest BCUT2D eigenvalue weighted by Crippen LogP contribution is -2.42. The molecular weight excluding hydrogens is 442 g/mol. The van der Waals surface area contributed by atoms with Gasteiger partial charge in [0.25, 0.3) is 5.56 Å². The largest absolute Gasteiger partial charge is 0.492 e. The van der Waals surface area contributed by atoms with E-state index in [4.69, 9.17) is 14.5 Å². The summed E-state index contributed by atoms with van der Waals surface area (Å²) in [6, 6.07) is 14.4. The zero-order valence-electron chi connectivity index (χ0n) is 20.9. The lowest BCUT2D eigenvalue weighted by molar-refractivity contribution is -0.139. The number of rotatable bonds is 9. The molecule has 0 spiro atoms. The average Bonchev–Trinajstić information content (AvgIpc) is 2.90. The van der Waals surface area contributed by atoms with Gasteiger partial charge in [-0.25, -0.2) is 4.98 Å². The number of hydrogen-bond donors (Lipinski definition) is 0. The SMILES string of the molecule is CCOc1ccccc1-n1c(C(C)N(CCOC)C(=O)C2CCCCC2)nc2ccccc2c1=O. The van der Waals surface area contributed by atoms with Crippen molar-refractivity contribution in [2.75, 3.05) is 26.9 Å². The van der Waals surface area contributed by atoms with Gasteiger partial charge in [-0.2, -0.15) is 0 Å². The van der Waals surface area contributed by atoms with Crippen LogP contribution < -0.4 is 10.3 Å². The molecule has 0 bridgehead atoms. The Morgan fingerprint density at radius 1 is 1.11 bits per heavy atom. The first-order valence-electron chi connectivity index (χ1n) is 12.6. The van der Waals surface area contributed by atoms with E-state index in [0.717, 1.165) is 25.7 Å². The zero-order chi connectivity index (χ0) is 24.8. The van der Waals surface area contributed by atoms with E-state index in [1.54, 1.807) is 17.7 Å². The highest BCUT2D eigenvalue weighted by Crippen LogP contribution is 2.31. The van der Waals surface area contributed by atoms with Crippen molar-refractivity contribution in [3.05, 3.63) is 64.7 Å². The van der Waals surface area contributed by atoms with Crippen LogP contribution in [0, 0.1) is 5.92 Å². The molecule has 4 rings (SSSR count). The number of carbonyl (C=O) groups is 1. The van der Waals surface area contributed by atoms with Crippen molar-refractivity contribution in [3.8, 4) is 11.4 Å². The van der Waals surface area contributed by atoms with E-state index in [9.17, 15) is 9.59 Å². The van der Waals surface area contributed by atoms with E-state index < -0.39 is 6.04 Å². The van der Waals surface area contributed by atoms with Crippen molar-refractivity contribution in [1.82, 2.24) is 14.5 Å². The molecule has 1 saturated carbocycles. The van der Waals surface area contributed by atoms with Gasteiger partial charge < -0.3 is 14.4 Å². The summed E-state index contributed by atoms with van der Waals surface area (Å²) in [7, 11) is 1.64. The molecule has 3 aromatic rings. The van der Waals surface area contributed by atoms with Gasteiger partial charge in [0.1, 0.15) is 11.6 Å². The predicted molar refractivity (Wildman–Crippen MR) is 137 cm³/mol. The lowest BCUT2D eigenvalue weighted by atomic mass is 9.88. The molecule has 0 radical (unpaired) electrons. The number of amides is 1. The minimum absolute atomic E-state index is 0.000560. The van der Waals surface area contributed by atoms with Crippen LogP contribution in [0.15, 0.2) is 53.3 Å². The Hall–Kier alpha value is -3.19. The Labute approximate surface area is 206 Å². The first kappa shape index (κ1) is 24.9. The van der Waals surface area contributed by atoms with Crippen molar-refractivity contribution in [2.24, 2.45) is 5.92 Å². The van der Waals surface area contributed by atoms with E-state index >= 15 is 0 Å². The average molecular weight is 478 g/mol. The third-order valence-electron chi connectivity index (χ3n) is 6.82. The first-order chi connectivity index (χ1) is 17.1. The molecule has 1 heterocycles. The smallest absolute Gasteiger partial charge is 0.266 e. The highest BCUT2D eigenvalue weighted by molar-refractivity contribution is 5.80. The molecule has 1 unspecified atom stereocenters. The molecule has 186 valence electrons. The number of fused-ring (bicyclic) bond motifs is 1. The summed E-state index contributed by atoms with van der Waals surface area (Å²) >= 11 is 0. The Bertz CT molecular complexity index is 1220. The Morgan fingerprint density at radius 2 is 1.83 bits per heavy atom. The Kier molecular flexibility index (Phi) is 8.18. The zero-order valence-corrected chi connectivity index (χ0v) is 20.9. The third-order valence-corrected chi connectivity index (χ3v) is 6.82. The van der Waals surface area contributed by atoms with Gasteiger partial charge in [0, 0.05) is 19.6 Å². The van der Waals surface area contributed by atoms with Crippen molar-refractivity contribution in [1.29, 1.82) is 0 Å². The molecule has 1 atom stereocenters. The highest BCUT2D eigenvalue weighted by atomic mass is 16.5. The van der Waals surface area contributed by atoms with Crippen molar-refractivity contribution < 1.29 is 14.3 Å². The van der Waals surface area contributed by atoms with Crippen LogP contribution in [0.4, 0.5) is 0 Å². The molecule has 1 aliphatic carbocycles. The van der Waals surface area contributed by atoms with E-state index in [-0.39, 0.29) is 17.4 Å².